The maximum absolute atomic E-state index is 13.8. The summed E-state index contributed by atoms with van der Waals surface area (Å²) < 4.78 is 172. The molecule has 0 radical (unpaired) electrons. The zero-order valence-corrected chi connectivity index (χ0v) is 66.9. The standard InChI is InChI=1S/C69H110N6O34S2/c1-16-22-92-28-30-96-32-33-97-31-29-93-23-17-50(77)75(20-26-94-24-18-70-60(80)104-57(48-40-98-64(84)100-48)56-42(2)44(36-53(102-56)110(86,87)88)34-46(38-51(78)106-66(4,5)6)73-62(82)108-68(10,11)12)21-27-95-25-19-71-61(81)105-58(49-41-99-65(85)101-49)59-55(72-43(3)76)45(37-54(103-59)111(89,90)91)35-47(39-52(79)107-67(7,8)9)74-63(83)109-69(13,14)15/h1,42,44-45,48-49,53-59H,17-41H2,2-15H3,(H,70,80)(H,71,81)(H,72,76)(H,86,87,88)(H,89,90,91)/t42-,44+,45+,48-,49-,53-,54+,55-,56-,57-,58-,59-/m1/s1. The molecule has 6 amide bonds. The van der Waals surface area contributed by atoms with Crippen molar-refractivity contribution in [2.75, 3.05) is 119 Å². The van der Waals surface area contributed by atoms with Crippen LogP contribution in [-0.4, -0.2) is 297 Å². The maximum Gasteiger partial charge on any atom is 0.508 e. The van der Waals surface area contributed by atoms with Crippen molar-refractivity contribution in [1.82, 2.24) is 20.9 Å². The summed E-state index contributed by atoms with van der Waals surface area (Å²) >= 11 is 0. The minimum absolute atomic E-state index is 0.0345. The number of aliphatic imine (C=N–C) groups is 2. The first-order valence-corrected chi connectivity index (χ1v) is 39.0. The summed E-state index contributed by atoms with van der Waals surface area (Å²) in [6.45, 7) is 21.0. The molecule has 42 heteroatoms. The van der Waals surface area contributed by atoms with Crippen molar-refractivity contribution >= 4 is 92.1 Å². The number of cyclic esters (lactones) is 4. The van der Waals surface area contributed by atoms with Crippen LogP contribution in [-0.2, 0) is 125 Å². The van der Waals surface area contributed by atoms with Gasteiger partial charge in [-0.05, 0) is 127 Å². The number of ether oxygens (including phenoxy) is 18. The van der Waals surface area contributed by atoms with Gasteiger partial charge in [0, 0.05) is 44.5 Å². The Kier molecular flexibility index (Phi) is 39.0. The Hall–Kier alpha value is -7.70. The van der Waals surface area contributed by atoms with E-state index in [0.717, 1.165) is 6.92 Å². The molecule has 0 aromatic rings. The van der Waals surface area contributed by atoms with E-state index in [9.17, 15) is 73.9 Å². The first-order chi connectivity index (χ1) is 51.7. The van der Waals surface area contributed by atoms with Crippen molar-refractivity contribution in [3.63, 3.8) is 0 Å². The van der Waals surface area contributed by atoms with Gasteiger partial charge in [0.2, 0.25) is 11.8 Å². The molecule has 0 unspecified atom stereocenters. The highest BCUT2D eigenvalue weighted by Gasteiger charge is 2.54. The van der Waals surface area contributed by atoms with Gasteiger partial charge in [-0.3, -0.25) is 28.3 Å². The summed E-state index contributed by atoms with van der Waals surface area (Å²) in [6.07, 6.45) is -14.4. The Morgan fingerprint density at radius 2 is 0.946 bits per heavy atom. The number of amides is 6. The van der Waals surface area contributed by atoms with Crippen LogP contribution in [0, 0.1) is 30.1 Å². The number of nitrogens with one attached hydrogen (secondary N) is 3. The van der Waals surface area contributed by atoms with Gasteiger partial charge in [-0.1, -0.05) is 12.8 Å². The Labute approximate surface area is 646 Å². The zero-order chi connectivity index (χ0) is 83.1. The molecule has 4 heterocycles. The smallest absolute Gasteiger partial charge is 0.460 e. The molecule has 632 valence electrons. The SMILES string of the molecule is C#CCOCCOCCOCCOCCC(=O)N(CCOCCNC(=O)O[C@@H]([C@@H]1O[C@H](S(=O)(=O)O)C[C@H](CC(CC(=O)OC(C)(C)C)=NC(=O)OC(C)(C)C)[C@H]1C)[C@H]1COC(=O)O1)CCOCCNC(=O)O[C@@H]([C@@H]1O[C@@H](S(=O)(=O)O)C[C@H](CC(CC(=O)OC(C)(C)C)=NC(=O)OC(C)(C)C)[C@H]1NC(C)=O)[C@H]1COC(=O)O1. The molecule has 4 fully saturated rings. The van der Waals surface area contributed by atoms with E-state index in [1.807, 2.05) is 0 Å². The van der Waals surface area contributed by atoms with E-state index < -0.39 is 220 Å². The molecule has 0 bridgehead atoms. The number of alkyl carbamates (subject to hydrolysis) is 2. The zero-order valence-electron chi connectivity index (χ0n) is 65.3. The predicted molar refractivity (Wildman–Crippen MR) is 385 cm³/mol. The summed E-state index contributed by atoms with van der Waals surface area (Å²) in [5, 5.41) is 7.59. The highest BCUT2D eigenvalue weighted by Crippen LogP contribution is 2.40. The van der Waals surface area contributed by atoms with Crippen LogP contribution >= 0.6 is 0 Å². The molecule has 4 saturated heterocycles. The fraction of sp³-hybridized carbons (Fsp3) is 0.797. The van der Waals surface area contributed by atoms with E-state index in [1.165, 1.54) is 4.90 Å². The third-order valence-electron chi connectivity index (χ3n) is 15.8. The van der Waals surface area contributed by atoms with Gasteiger partial charge >= 0.3 is 48.6 Å². The van der Waals surface area contributed by atoms with Crippen molar-refractivity contribution in [2.24, 2.45) is 27.7 Å². The van der Waals surface area contributed by atoms with E-state index in [0.29, 0.717) is 13.2 Å². The molecule has 40 nitrogen and oxygen atoms in total. The molecule has 0 spiro atoms. The van der Waals surface area contributed by atoms with Crippen LogP contribution < -0.4 is 16.0 Å². The van der Waals surface area contributed by atoms with Crippen molar-refractivity contribution in [1.29, 1.82) is 0 Å². The van der Waals surface area contributed by atoms with Gasteiger partial charge in [0.15, 0.2) is 35.3 Å². The second-order valence-corrected chi connectivity index (χ2v) is 33.0. The Morgan fingerprint density at radius 3 is 1.34 bits per heavy atom. The van der Waals surface area contributed by atoms with Crippen molar-refractivity contribution < 1.29 is 159 Å². The fourth-order valence-electron chi connectivity index (χ4n) is 11.4. The minimum atomic E-state index is -5.15. The number of terminal acetylenes is 1. The topological polar surface area (TPSA) is 510 Å². The number of esters is 2. The highest BCUT2D eigenvalue weighted by atomic mass is 32.2. The van der Waals surface area contributed by atoms with Crippen LogP contribution in [0.5, 0.6) is 0 Å². The molecule has 4 rings (SSSR count). The molecule has 5 N–H and O–H groups in total. The van der Waals surface area contributed by atoms with Crippen LogP contribution in [0.1, 0.15) is 142 Å². The third-order valence-corrected chi connectivity index (χ3v) is 17.8. The first kappa shape index (κ1) is 95.7. The lowest BCUT2D eigenvalue weighted by atomic mass is 9.78. The lowest BCUT2D eigenvalue weighted by Gasteiger charge is -2.44. The average molecular weight is 1630 g/mol. The summed E-state index contributed by atoms with van der Waals surface area (Å²) in [5.41, 5.74) is -8.34. The molecule has 111 heavy (non-hydrogen) atoms. The molecule has 12 atom stereocenters. The number of hydrogen-bond donors (Lipinski definition) is 5. The summed E-state index contributed by atoms with van der Waals surface area (Å²) in [5.74, 6) is -3.36. The van der Waals surface area contributed by atoms with Crippen molar-refractivity contribution in [3.8, 4) is 12.3 Å². The maximum atomic E-state index is 13.8. The first-order valence-electron chi connectivity index (χ1n) is 36.0. The molecule has 0 aliphatic carbocycles. The van der Waals surface area contributed by atoms with Gasteiger partial charge in [0.05, 0.1) is 98.0 Å². The number of rotatable bonds is 42. The monoisotopic (exact) mass is 1630 g/mol. The minimum Gasteiger partial charge on any atom is -0.460 e. The van der Waals surface area contributed by atoms with E-state index in [1.54, 1.807) is 90.0 Å². The lowest BCUT2D eigenvalue weighted by molar-refractivity contribution is -0.154. The summed E-state index contributed by atoms with van der Waals surface area (Å²) in [4.78, 5) is 141. The number of carbonyl (C=O) groups excluding carboxylic acids is 10. The van der Waals surface area contributed by atoms with Gasteiger partial charge in [-0.25, -0.2) is 28.8 Å². The second kappa shape index (κ2) is 45.3. The second-order valence-electron chi connectivity index (χ2n) is 29.9. The van der Waals surface area contributed by atoms with Crippen LogP contribution in [0.25, 0.3) is 0 Å². The molecular weight excluding hydrogens is 1520 g/mol. The molecular formula is C69H110N6O34S2. The average Bonchev–Trinajstić information content (AvgIpc) is 1.67. The predicted octanol–water partition coefficient (Wildman–Crippen LogP) is 4.57. The van der Waals surface area contributed by atoms with E-state index in [4.69, 9.17) is 91.7 Å². The lowest BCUT2D eigenvalue weighted by Crippen LogP contribution is -2.62. The van der Waals surface area contributed by atoms with Gasteiger partial charge in [0.1, 0.15) is 54.4 Å². The number of nitrogens with zero attached hydrogens (tertiary/aromatic N) is 3. The Morgan fingerprint density at radius 1 is 0.559 bits per heavy atom. The quantitative estimate of drug-likeness (QED) is 0.0139. The third kappa shape index (κ3) is 38.6. The fourth-order valence-corrected chi connectivity index (χ4v) is 12.9. The van der Waals surface area contributed by atoms with Crippen LogP contribution in [0.2, 0.25) is 0 Å². The van der Waals surface area contributed by atoms with Crippen LogP contribution in [0.15, 0.2) is 9.98 Å². The Bertz CT molecular complexity index is 3430. The van der Waals surface area contributed by atoms with E-state index >= 15 is 0 Å². The molecule has 0 aromatic heterocycles. The van der Waals surface area contributed by atoms with Crippen molar-refractivity contribution in [3.05, 3.63) is 0 Å². The van der Waals surface area contributed by atoms with E-state index in [2.05, 4.69) is 31.9 Å². The molecule has 4 aliphatic heterocycles. The largest absolute Gasteiger partial charge is 0.508 e. The Balaban J connectivity index is 1.47. The van der Waals surface area contributed by atoms with Gasteiger partial charge in [0.25, 0.3) is 20.2 Å². The van der Waals surface area contributed by atoms with Gasteiger partial charge in [-0.2, -0.15) is 26.8 Å². The molecule has 4 aliphatic rings. The summed E-state index contributed by atoms with van der Waals surface area (Å²) in [6, 6.07) is -1.41. The van der Waals surface area contributed by atoms with Crippen molar-refractivity contribution in [2.45, 2.75) is 218 Å². The summed E-state index contributed by atoms with van der Waals surface area (Å²) in [7, 11) is -10.2. The normalized spacial score (nSPS) is 22.5. The number of carbonyl (C=O) groups is 10. The highest BCUT2D eigenvalue weighted by molar-refractivity contribution is 7.86. The molecule has 0 aromatic carbocycles. The molecule has 0 saturated carbocycles. The number of hydrogen-bond acceptors (Lipinski definition) is 32. The van der Waals surface area contributed by atoms with E-state index in [-0.39, 0.29) is 117 Å². The van der Waals surface area contributed by atoms with Gasteiger partial charge in [-0.15, -0.1) is 6.42 Å². The van der Waals surface area contributed by atoms with Gasteiger partial charge < -0.3 is 106 Å². The van der Waals surface area contributed by atoms with Crippen LogP contribution in [0.4, 0.5) is 28.8 Å². The van der Waals surface area contributed by atoms with Crippen LogP contribution in [0.3, 0.4) is 0 Å².